The predicted octanol–water partition coefficient (Wildman–Crippen LogP) is 3.91. The number of amides is 1. The number of nitrogens with zero attached hydrogens (tertiary/aromatic N) is 1. The maximum Gasteiger partial charge on any atom is 0.289 e. The van der Waals surface area contributed by atoms with Crippen LogP contribution in [0, 0.1) is 31.4 Å². The Labute approximate surface area is 144 Å². The molecule has 1 saturated heterocycles. The first-order valence-electron chi connectivity index (χ1n) is 8.22. The van der Waals surface area contributed by atoms with E-state index < -0.39 is 23.3 Å². The van der Waals surface area contributed by atoms with Crippen LogP contribution < -0.4 is 0 Å². The molecule has 0 N–H and O–H groups in total. The molecule has 2 aromatic rings. The second kappa shape index (κ2) is 6.78. The fraction of sp³-hybridized carbons (Fsp3) is 0.368. The second-order valence-electron chi connectivity index (χ2n) is 6.45. The lowest BCUT2D eigenvalue weighted by Crippen LogP contribution is -2.42. The van der Waals surface area contributed by atoms with Gasteiger partial charge >= 0.3 is 0 Å². The van der Waals surface area contributed by atoms with Crippen LogP contribution >= 0.6 is 0 Å². The molecule has 25 heavy (non-hydrogen) atoms. The molecule has 1 aromatic heterocycles. The van der Waals surface area contributed by atoms with E-state index in [2.05, 4.69) is 0 Å². The Kier molecular flexibility index (Phi) is 4.70. The lowest BCUT2D eigenvalue weighted by atomic mass is 9.89. The van der Waals surface area contributed by atoms with Crippen molar-refractivity contribution in [1.29, 1.82) is 0 Å². The summed E-state index contributed by atoms with van der Waals surface area (Å²) in [6, 6.07) is 4.62. The van der Waals surface area contributed by atoms with Crippen LogP contribution in [0.25, 0.3) is 0 Å². The number of likely N-dealkylation sites (tertiary alicyclic amines) is 1. The summed E-state index contributed by atoms with van der Waals surface area (Å²) >= 11 is 0. The topological polar surface area (TPSA) is 50.5 Å². The van der Waals surface area contributed by atoms with E-state index >= 15 is 0 Å². The molecule has 2 heterocycles. The molecule has 6 heteroatoms. The number of Topliss-reactive ketones (excluding diaryl/α,β-unsaturated/α-hetero) is 1. The third-order valence-corrected chi connectivity index (χ3v) is 4.51. The molecule has 1 aliphatic rings. The van der Waals surface area contributed by atoms with Crippen LogP contribution in [0.3, 0.4) is 0 Å². The highest BCUT2D eigenvalue weighted by Crippen LogP contribution is 2.25. The highest BCUT2D eigenvalue weighted by atomic mass is 19.1. The average molecular weight is 347 g/mol. The minimum absolute atomic E-state index is 0.173. The number of ketones is 1. The van der Waals surface area contributed by atoms with E-state index in [9.17, 15) is 18.4 Å². The van der Waals surface area contributed by atoms with Gasteiger partial charge in [0.2, 0.25) is 0 Å². The van der Waals surface area contributed by atoms with Gasteiger partial charge in [0.1, 0.15) is 17.4 Å². The SMILES string of the molecule is Cc1cc(C)c(C(=O)N2CCC[C@H](C(=O)c3cc(F)ccc3F)C2)o1. The standard InChI is InChI=1S/C19H19F2NO3/c1-11-8-12(2)25-18(11)19(24)22-7-3-4-13(10-22)17(23)15-9-14(20)5-6-16(15)21/h5-6,8-9,13H,3-4,7,10H2,1-2H3/t13-/m0/s1. The zero-order chi connectivity index (χ0) is 18.1. The number of halogens is 2. The van der Waals surface area contributed by atoms with Gasteiger partial charge in [0.15, 0.2) is 11.5 Å². The van der Waals surface area contributed by atoms with Crippen molar-refractivity contribution in [2.45, 2.75) is 26.7 Å². The predicted molar refractivity (Wildman–Crippen MR) is 87.5 cm³/mol. The fourth-order valence-electron chi connectivity index (χ4n) is 3.28. The molecule has 1 amide bonds. The minimum Gasteiger partial charge on any atom is -0.456 e. The molecule has 1 aromatic carbocycles. The van der Waals surface area contributed by atoms with Gasteiger partial charge in [-0.05, 0) is 51.0 Å². The second-order valence-corrected chi connectivity index (χ2v) is 6.45. The lowest BCUT2D eigenvalue weighted by Gasteiger charge is -2.31. The van der Waals surface area contributed by atoms with Gasteiger partial charge in [-0.25, -0.2) is 8.78 Å². The molecule has 3 rings (SSSR count). The summed E-state index contributed by atoms with van der Waals surface area (Å²) < 4.78 is 32.7. The summed E-state index contributed by atoms with van der Waals surface area (Å²) in [4.78, 5) is 26.8. The molecule has 0 spiro atoms. The maximum absolute atomic E-state index is 13.9. The lowest BCUT2D eigenvalue weighted by molar-refractivity contribution is 0.0607. The molecule has 132 valence electrons. The van der Waals surface area contributed by atoms with Crippen LogP contribution in [0.4, 0.5) is 8.78 Å². The number of hydrogen-bond donors (Lipinski definition) is 0. The van der Waals surface area contributed by atoms with E-state index in [4.69, 9.17) is 4.42 Å². The molecule has 4 nitrogen and oxygen atoms in total. The number of benzene rings is 1. The Hall–Kier alpha value is -2.50. The van der Waals surface area contributed by atoms with Gasteiger partial charge in [-0.1, -0.05) is 0 Å². The van der Waals surface area contributed by atoms with Gasteiger partial charge in [0.05, 0.1) is 5.56 Å². The van der Waals surface area contributed by atoms with Crippen molar-refractivity contribution < 1.29 is 22.8 Å². The molecule has 1 atom stereocenters. The number of rotatable bonds is 3. The monoisotopic (exact) mass is 347 g/mol. The number of aryl methyl sites for hydroxylation is 2. The molecule has 0 radical (unpaired) electrons. The van der Waals surface area contributed by atoms with Crippen molar-refractivity contribution in [3.05, 3.63) is 58.5 Å². The number of carbonyl (C=O) groups is 2. The van der Waals surface area contributed by atoms with E-state index in [0.717, 1.165) is 23.8 Å². The minimum atomic E-state index is -0.743. The van der Waals surface area contributed by atoms with Crippen LogP contribution in [-0.2, 0) is 0 Å². The summed E-state index contributed by atoms with van der Waals surface area (Å²) in [5.74, 6) is -1.78. The molecule has 0 unspecified atom stereocenters. The van der Waals surface area contributed by atoms with Crippen LogP contribution in [0.1, 0.15) is 45.1 Å². The molecular formula is C19H19F2NO3. The summed E-state index contributed by atoms with van der Waals surface area (Å²) in [7, 11) is 0. The van der Waals surface area contributed by atoms with Gasteiger partial charge in [-0.2, -0.15) is 0 Å². The van der Waals surface area contributed by atoms with Crippen LogP contribution in [-0.4, -0.2) is 29.7 Å². The molecule has 1 fully saturated rings. The molecule has 0 saturated carbocycles. The Morgan fingerprint density at radius 3 is 2.64 bits per heavy atom. The molecule has 1 aliphatic heterocycles. The van der Waals surface area contributed by atoms with Gasteiger partial charge in [-0.3, -0.25) is 9.59 Å². The largest absolute Gasteiger partial charge is 0.456 e. The fourth-order valence-corrected chi connectivity index (χ4v) is 3.28. The number of hydrogen-bond acceptors (Lipinski definition) is 3. The van der Waals surface area contributed by atoms with Crippen molar-refractivity contribution in [3.63, 3.8) is 0 Å². The van der Waals surface area contributed by atoms with Gasteiger partial charge in [0, 0.05) is 24.6 Å². The van der Waals surface area contributed by atoms with Crippen LogP contribution in [0.15, 0.2) is 28.7 Å². The number of carbonyl (C=O) groups excluding carboxylic acids is 2. The first-order chi connectivity index (χ1) is 11.9. The first-order valence-corrected chi connectivity index (χ1v) is 8.22. The van der Waals surface area contributed by atoms with Gasteiger partial charge in [0.25, 0.3) is 5.91 Å². The molecular weight excluding hydrogens is 328 g/mol. The zero-order valence-electron chi connectivity index (χ0n) is 14.1. The maximum atomic E-state index is 13.9. The normalized spacial score (nSPS) is 17.6. The third kappa shape index (κ3) is 3.48. The Morgan fingerprint density at radius 2 is 1.96 bits per heavy atom. The van der Waals surface area contributed by atoms with Gasteiger partial charge < -0.3 is 9.32 Å². The van der Waals surface area contributed by atoms with E-state index in [1.165, 1.54) is 0 Å². The molecule has 0 aliphatic carbocycles. The van der Waals surface area contributed by atoms with E-state index in [1.54, 1.807) is 24.8 Å². The van der Waals surface area contributed by atoms with Crippen molar-refractivity contribution in [2.24, 2.45) is 5.92 Å². The Bertz CT molecular complexity index is 828. The highest BCUT2D eigenvalue weighted by Gasteiger charge is 2.32. The first kappa shape index (κ1) is 17.3. The van der Waals surface area contributed by atoms with E-state index in [0.29, 0.717) is 25.1 Å². The van der Waals surface area contributed by atoms with Crippen LogP contribution in [0.2, 0.25) is 0 Å². The van der Waals surface area contributed by atoms with E-state index in [-0.39, 0.29) is 23.8 Å². The van der Waals surface area contributed by atoms with Crippen LogP contribution in [0.5, 0.6) is 0 Å². The van der Waals surface area contributed by atoms with Gasteiger partial charge in [-0.15, -0.1) is 0 Å². The summed E-state index contributed by atoms with van der Waals surface area (Å²) in [6.45, 7) is 4.23. The average Bonchev–Trinajstić information content (AvgIpc) is 2.94. The Morgan fingerprint density at radius 1 is 1.20 bits per heavy atom. The smallest absolute Gasteiger partial charge is 0.289 e. The summed E-state index contributed by atoms with van der Waals surface area (Å²) in [5.41, 5.74) is 0.483. The highest BCUT2D eigenvalue weighted by molar-refractivity contribution is 5.99. The van der Waals surface area contributed by atoms with Crippen molar-refractivity contribution in [3.8, 4) is 0 Å². The van der Waals surface area contributed by atoms with Crippen molar-refractivity contribution >= 4 is 11.7 Å². The molecule has 0 bridgehead atoms. The van der Waals surface area contributed by atoms with E-state index in [1.807, 2.05) is 0 Å². The quantitative estimate of drug-likeness (QED) is 0.791. The zero-order valence-corrected chi connectivity index (χ0v) is 14.1. The third-order valence-electron chi connectivity index (χ3n) is 4.51. The number of piperidine rings is 1. The number of furan rings is 1. The summed E-state index contributed by atoms with van der Waals surface area (Å²) in [5, 5.41) is 0. The van der Waals surface area contributed by atoms with Crippen molar-refractivity contribution in [2.75, 3.05) is 13.1 Å². The van der Waals surface area contributed by atoms with Crippen molar-refractivity contribution in [1.82, 2.24) is 4.90 Å². The summed E-state index contributed by atoms with van der Waals surface area (Å²) in [6.07, 6.45) is 1.16. The Balaban J connectivity index is 1.79.